The summed E-state index contributed by atoms with van der Waals surface area (Å²) >= 11 is 1.62. The summed E-state index contributed by atoms with van der Waals surface area (Å²) in [4.78, 5) is 18.4. The highest BCUT2D eigenvalue weighted by molar-refractivity contribution is 7.11. The second-order valence-corrected chi connectivity index (χ2v) is 4.58. The molecule has 0 N–H and O–H groups in total. The van der Waals surface area contributed by atoms with Gasteiger partial charge in [-0.15, -0.1) is 11.3 Å². The average molecular weight is 212 g/mol. The van der Waals surface area contributed by atoms with Gasteiger partial charge in [-0.1, -0.05) is 0 Å². The molecule has 1 aliphatic rings. The van der Waals surface area contributed by atoms with Gasteiger partial charge in [0.15, 0.2) is 0 Å². The number of hydrogen-bond donors (Lipinski definition) is 0. The zero-order valence-electron chi connectivity index (χ0n) is 8.19. The van der Waals surface area contributed by atoms with Crippen LogP contribution in [-0.2, 0) is 9.53 Å². The van der Waals surface area contributed by atoms with Gasteiger partial charge in [-0.3, -0.25) is 4.79 Å². The SMILES string of the molecule is CC(=O)N1COCC1c1ncc(C)s1. The summed E-state index contributed by atoms with van der Waals surface area (Å²) in [5.74, 6) is 0.0420. The van der Waals surface area contributed by atoms with Crippen LogP contribution in [0.1, 0.15) is 22.9 Å². The fraction of sp³-hybridized carbons (Fsp3) is 0.556. The maximum Gasteiger partial charge on any atom is 0.221 e. The summed E-state index contributed by atoms with van der Waals surface area (Å²) in [6.45, 7) is 4.52. The largest absolute Gasteiger partial charge is 0.358 e. The van der Waals surface area contributed by atoms with Crippen LogP contribution >= 0.6 is 11.3 Å². The van der Waals surface area contributed by atoms with Gasteiger partial charge in [0, 0.05) is 18.0 Å². The Kier molecular flexibility index (Phi) is 2.52. The number of aryl methyl sites for hydroxylation is 1. The molecule has 0 aliphatic carbocycles. The molecule has 1 amide bonds. The normalized spacial score (nSPS) is 21.6. The van der Waals surface area contributed by atoms with Crippen LogP contribution in [0.3, 0.4) is 0 Å². The van der Waals surface area contributed by atoms with Crippen molar-refractivity contribution in [2.45, 2.75) is 19.9 Å². The summed E-state index contributed by atoms with van der Waals surface area (Å²) in [5, 5.41) is 0.968. The molecule has 0 radical (unpaired) electrons. The Bertz CT molecular complexity index is 350. The van der Waals surface area contributed by atoms with Crippen molar-refractivity contribution in [2.24, 2.45) is 0 Å². The van der Waals surface area contributed by atoms with E-state index < -0.39 is 0 Å². The van der Waals surface area contributed by atoms with Crippen LogP contribution in [0.2, 0.25) is 0 Å². The third-order valence-corrected chi connectivity index (χ3v) is 3.23. The average Bonchev–Trinajstić information content (AvgIpc) is 2.70. The van der Waals surface area contributed by atoms with Gasteiger partial charge in [-0.2, -0.15) is 0 Å². The van der Waals surface area contributed by atoms with Gasteiger partial charge in [-0.05, 0) is 6.92 Å². The quantitative estimate of drug-likeness (QED) is 0.705. The van der Waals surface area contributed by atoms with Crippen molar-refractivity contribution in [3.05, 3.63) is 16.1 Å². The highest BCUT2D eigenvalue weighted by Crippen LogP contribution is 2.28. The first-order valence-electron chi connectivity index (χ1n) is 4.46. The minimum Gasteiger partial charge on any atom is -0.358 e. The molecule has 0 saturated carbocycles. The minimum absolute atomic E-state index is 0.0196. The molecule has 1 atom stereocenters. The number of thiazole rings is 1. The number of aromatic nitrogens is 1. The highest BCUT2D eigenvalue weighted by atomic mass is 32.1. The van der Waals surface area contributed by atoms with Crippen LogP contribution in [0.25, 0.3) is 0 Å². The molecular weight excluding hydrogens is 200 g/mol. The third kappa shape index (κ3) is 1.65. The van der Waals surface area contributed by atoms with E-state index >= 15 is 0 Å². The number of amides is 1. The summed E-state index contributed by atoms with van der Waals surface area (Å²) < 4.78 is 5.27. The molecule has 76 valence electrons. The Labute approximate surface area is 86.5 Å². The van der Waals surface area contributed by atoms with Gasteiger partial charge in [0.2, 0.25) is 5.91 Å². The van der Waals surface area contributed by atoms with Crippen LogP contribution in [0.4, 0.5) is 0 Å². The number of rotatable bonds is 1. The molecule has 1 saturated heterocycles. The number of nitrogens with zero attached hydrogens (tertiary/aromatic N) is 2. The molecule has 2 rings (SSSR count). The monoisotopic (exact) mass is 212 g/mol. The third-order valence-electron chi connectivity index (χ3n) is 2.21. The standard InChI is InChI=1S/C9H12N2O2S/c1-6-3-10-9(14-6)8-4-13-5-11(8)7(2)12/h3,8H,4-5H2,1-2H3. The molecule has 1 fully saturated rings. The van der Waals surface area contributed by atoms with Gasteiger partial charge >= 0.3 is 0 Å². The molecular formula is C9H12N2O2S. The van der Waals surface area contributed by atoms with Crippen molar-refractivity contribution in [3.8, 4) is 0 Å². The van der Waals surface area contributed by atoms with Crippen molar-refractivity contribution < 1.29 is 9.53 Å². The Morgan fingerprint density at radius 2 is 2.57 bits per heavy atom. The molecule has 0 aromatic carbocycles. The predicted molar refractivity (Wildman–Crippen MR) is 52.9 cm³/mol. The first-order valence-corrected chi connectivity index (χ1v) is 5.27. The predicted octanol–water partition coefficient (Wildman–Crippen LogP) is 1.33. The molecule has 14 heavy (non-hydrogen) atoms. The number of carbonyl (C=O) groups excluding carboxylic acids is 1. The molecule has 5 heteroatoms. The van der Waals surface area contributed by atoms with E-state index in [9.17, 15) is 4.79 Å². The summed E-state index contributed by atoms with van der Waals surface area (Å²) in [7, 11) is 0. The van der Waals surface area contributed by atoms with Crippen molar-refractivity contribution >= 4 is 17.2 Å². The smallest absolute Gasteiger partial charge is 0.221 e. The zero-order chi connectivity index (χ0) is 10.1. The number of ether oxygens (including phenoxy) is 1. The lowest BCUT2D eigenvalue weighted by molar-refractivity contribution is -0.130. The maximum absolute atomic E-state index is 11.3. The Hall–Kier alpha value is -0.940. The van der Waals surface area contributed by atoms with Crippen LogP contribution < -0.4 is 0 Å². The molecule has 0 spiro atoms. The van der Waals surface area contributed by atoms with Crippen LogP contribution in [-0.4, -0.2) is 29.1 Å². The second kappa shape index (κ2) is 3.67. The lowest BCUT2D eigenvalue weighted by Crippen LogP contribution is -2.28. The topological polar surface area (TPSA) is 42.4 Å². The summed E-state index contributed by atoms with van der Waals surface area (Å²) in [6.07, 6.45) is 1.83. The highest BCUT2D eigenvalue weighted by Gasteiger charge is 2.30. The number of hydrogen-bond acceptors (Lipinski definition) is 4. The van der Waals surface area contributed by atoms with Crippen LogP contribution in [0.15, 0.2) is 6.20 Å². The molecule has 1 aromatic heterocycles. The van der Waals surface area contributed by atoms with Crippen LogP contribution in [0.5, 0.6) is 0 Å². The first kappa shape index (κ1) is 9.61. The summed E-state index contributed by atoms with van der Waals surface area (Å²) in [5.41, 5.74) is 0. The van der Waals surface area contributed by atoms with E-state index in [1.165, 1.54) is 0 Å². The van der Waals surface area contributed by atoms with Crippen LogP contribution in [0, 0.1) is 6.92 Å². The van der Waals surface area contributed by atoms with E-state index in [0.717, 1.165) is 9.88 Å². The Morgan fingerprint density at radius 1 is 1.79 bits per heavy atom. The van der Waals surface area contributed by atoms with E-state index in [0.29, 0.717) is 13.3 Å². The molecule has 2 heterocycles. The second-order valence-electron chi connectivity index (χ2n) is 3.31. The zero-order valence-corrected chi connectivity index (χ0v) is 9.00. The lowest BCUT2D eigenvalue weighted by atomic mass is 10.3. The van der Waals surface area contributed by atoms with E-state index in [4.69, 9.17) is 4.74 Å². The van der Waals surface area contributed by atoms with Crippen molar-refractivity contribution in [3.63, 3.8) is 0 Å². The molecule has 1 aromatic rings. The van der Waals surface area contributed by atoms with Gasteiger partial charge in [-0.25, -0.2) is 4.98 Å². The molecule has 1 aliphatic heterocycles. The van der Waals surface area contributed by atoms with Gasteiger partial charge in [0.25, 0.3) is 0 Å². The number of carbonyl (C=O) groups is 1. The maximum atomic E-state index is 11.3. The van der Waals surface area contributed by atoms with Gasteiger partial charge < -0.3 is 9.64 Å². The van der Waals surface area contributed by atoms with Gasteiger partial charge in [0.1, 0.15) is 17.8 Å². The van der Waals surface area contributed by atoms with E-state index in [-0.39, 0.29) is 11.9 Å². The molecule has 4 nitrogen and oxygen atoms in total. The Balaban J connectivity index is 2.21. The van der Waals surface area contributed by atoms with E-state index in [2.05, 4.69) is 4.98 Å². The van der Waals surface area contributed by atoms with E-state index in [1.807, 2.05) is 13.1 Å². The van der Waals surface area contributed by atoms with Crippen molar-refractivity contribution in [1.82, 2.24) is 9.88 Å². The lowest BCUT2D eigenvalue weighted by Gasteiger charge is -2.18. The summed E-state index contributed by atoms with van der Waals surface area (Å²) in [6, 6.07) is 0.0196. The van der Waals surface area contributed by atoms with Gasteiger partial charge in [0.05, 0.1) is 6.61 Å². The minimum atomic E-state index is 0.0196. The Morgan fingerprint density at radius 3 is 3.14 bits per heavy atom. The fourth-order valence-electron chi connectivity index (χ4n) is 1.48. The molecule has 1 unspecified atom stereocenters. The fourth-order valence-corrected chi connectivity index (χ4v) is 2.36. The first-order chi connectivity index (χ1) is 6.68. The van der Waals surface area contributed by atoms with E-state index in [1.54, 1.807) is 23.2 Å². The molecule has 0 bridgehead atoms. The van der Waals surface area contributed by atoms with Crippen molar-refractivity contribution in [2.75, 3.05) is 13.3 Å². The van der Waals surface area contributed by atoms with Crippen molar-refractivity contribution in [1.29, 1.82) is 0 Å².